The molecule has 0 unspecified atom stereocenters. The molecule has 0 radical (unpaired) electrons. The first-order valence-corrected chi connectivity index (χ1v) is 6.09. The van der Waals surface area contributed by atoms with E-state index in [1.807, 2.05) is 0 Å². The van der Waals surface area contributed by atoms with Gasteiger partial charge in [0.25, 0.3) is 5.56 Å². The van der Waals surface area contributed by atoms with Gasteiger partial charge in [-0.1, -0.05) is 18.2 Å². The van der Waals surface area contributed by atoms with Crippen molar-refractivity contribution in [2.75, 3.05) is 0 Å². The molecule has 0 aliphatic rings. The number of nitrogens with zero attached hydrogens (tertiary/aromatic N) is 2. The Bertz CT molecular complexity index is 737. The van der Waals surface area contributed by atoms with Crippen molar-refractivity contribution in [3.63, 3.8) is 0 Å². The summed E-state index contributed by atoms with van der Waals surface area (Å²) < 4.78 is 37.1. The minimum Gasteiger partial charge on any atom is -0.476 e. The second-order valence-corrected chi connectivity index (χ2v) is 4.45. The van der Waals surface area contributed by atoms with Gasteiger partial charge in [-0.25, -0.2) is 9.48 Å². The second-order valence-electron chi connectivity index (χ2n) is 4.45. The number of aryl methyl sites for hydroxylation is 1. The number of hydrogen-bond donors (Lipinski definition) is 1. The summed E-state index contributed by atoms with van der Waals surface area (Å²) in [5, 5.41) is 13.0. The molecule has 0 atom stereocenters. The monoisotopic (exact) mass is 300 g/mol. The Morgan fingerprint density at radius 1 is 1.24 bits per heavy atom. The number of carboxylic acid groups (broad SMARTS) is 1. The maximum Gasteiger partial charge on any atom is 0.389 e. The van der Waals surface area contributed by atoms with E-state index in [1.165, 1.54) is 12.1 Å². The summed E-state index contributed by atoms with van der Waals surface area (Å²) in [7, 11) is 0. The van der Waals surface area contributed by atoms with E-state index < -0.39 is 24.1 Å². The van der Waals surface area contributed by atoms with Gasteiger partial charge < -0.3 is 5.11 Å². The van der Waals surface area contributed by atoms with E-state index in [0.29, 0.717) is 0 Å². The first-order chi connectivity index (χ1) is 9.79. The first-order valence-electron chi connectivity index (χ1n) is 6.09. The lowest BCUT2D eigenvalue weighted by atomic mass is 10.1. The summed E-state index contributed by atoms with van der Waals surface area (Å²) in [5.74, 6) is -1.34. The molecule has 1 heterocycles. The predicted molar refractivity (Wildman–Crippen MR) is 68.3 cm³/mol. The maximum atomic E-state index is 12.1. The number of rotatable bonds is 4. The molecule has 0 aliphatic heterocycles. The summed E-state index contributed by atoms with van der Waals surface area (Å²) in [4.78, 5) is 23.2. The van der Waals surface area contributed by atoms with Crippen LogP contribution < -0.4 is 5.56 Å². The highest BCUT2D eigenvalue weighted by molar-refractivity contribution is 6.01. The van der Waals surface area contributed by atoms with Crippen molar-refractivity contribution >= 4 is 16.7 Å². The Morgan fingerprint density at radius 3 is 2.43 bits per heavy atom. The van der Waals surface area contributed by atoms with Crippen molar-refractivity contribution in [3.8, 4) is 0 Å². The van der Waals surface area contributed by atoms with Gasteiger partial charge >= 0.3 is 12.1 Å². The van der Waals surface area contributed by atoms with Crippen LogP contribution in [0.2, 0.25) is 0 Å². The molecule has 0 fully saturated rings. The smallest absolute Gasteiger partial charge is 0.389 e. The summed E-state index contributed by atoms with van der Waals surface area (Å²) in [5.41, 5.74) is -0.949. The van der Waals surface area contributed by atoms with Gasteiger partial charge in [-0.2, -0.15) is 18.3 Å². The molecule has 5 nitrogen and oxygen atoms in total. The van der Waals surface area contributed by atoms with Crippen LogP contribution in [0.25, 0.3) is 10.8 Å². The molecule has 0 aliphatic carbocycles. The quantitative estimate of drug-likeness (QED) is 0.941. The van der Waals surface area contributed by atoms with Gasteiger partial charge in [0.2, 0.25) is 0 Å². The lowest BCUT2D eigenvalue weighted by molar-refractivity contribution is -0.136. The van der Waals surface area contributed by atoms with Gasteiger partial charge in [0, 0.05) is 18.4 Å². The van der Waals surface area contributed by atoms with Crippen LogP contribution in [0.15, 0.2) is 29.1 Å². The normalized spacial score (nSPS) is 11.8. The molecule has 0 spiro atoms. The first kappa shape index (κ1) is 15.0. The van der Waals surface area contributed by atoms with Gasteiger partial charge in [0.15, 0.2) is 5.69 Å². The number of aromatic nitrogens is 2. The average molecular weight is 300 g/mol. The number of halogens is 3. The van der Waals surface area contributed by atoms with Crippen molar-refractivity contribution in [2.45, 2.75) is 25.6 Å². The van der Waals surface area contributed by atoms with E-state index in [-0.39, 0.29) is 29.4 Å². The standard InChI is InChI=1S/C13H11F3N2O3/c14-13(15,16)6-3-7-18-11(19)9-5-2-1-4-8(9)10(17-18)12(20)21/h1-2,4-5H,3,6-7H2,(H,20,21). The number of carbonyl (C=O) groups is 1. The van der Waals surface area contributed by atoms with Crippen LogP contribution >= 0.6 is 0 Å². The molecule has 1 N–H and O–H groups in total. The Morgan fingerprint density at radius 2 is 1.86 bits per heavy atom. The molecule has 8 heteroatoms. The minimum atomic E-state index is -4.32. The fourth-order valence-corrected chi connectivity index (χ4v) is 1.97. The van der Waals surface area contributed by atoms with Gasteiger partial charge in [-0.05, 0) is 12.5 Å². The summed E-state index contributed by atoms with van der Waals surface area (Å²) in [6.45, 7) is -0.288. The van der Waals surface area contributed by atoms with E-state index in [0.717, 1.165) is 4.68 Å². The van der Waals surface area contributed by atoms with E-state index in [4.69, 9.17) is 5.11 Å². The van der Waals surface area contributed by atoms with Crippen molar-refractivity contribution < 1.29 is 23.1 Å². The van der Waals surface area contributed by atoms with Crippen molar-refractivity contribution in [3.05, 3.63) is 40.3 Å². The third-order valence-electron chi connectivity index (χ3n) is 2.90. The highest BCUT2D eigenvalue weighted by Crippen LogP contribution is 2.21. The molecule has 0 bridgehead atoms. The Hall–Kier alpha value is -2.38. The number of fused-ring (bicyclic) bond motifs is 1. The van der Waals surface area contributed by atoms with Gasteiger partial charge in [-0.3, -0.25) is 4.79 Å². The fraction of sp³-hybridized carbons (Fsp3) is 0.308. The van der Waals surface area contributed by atoms with Crippen LogP contribution in [0.5, 0.6) is 0 Å². The average Bonchev–Trinajstić information content (AvgIpc) is 2.40. The number of hydrogen-bond acceptors (Lipinski definition) is 3. The Labute approximate surface area is 116 Å². The number of carboxylic acids is 1. The van der Waals surface area contributed by atoms with Gasteiger partial charge in [0.1, 0.15) is 0 Å². The van der Waals surface area contributed by atoms with Crippen LogP contribution in [0, 0.1) is 0 Å². The fourth-order valence-electron chi connectivity index (χ4n) is 1.97. The zero-order chi connectivity index (χ0) is 15.6. The molecule has 0 saturated carbocycles. The molecule has 2 aromatic rings. The molecule has 21 heavy (non-hydrogen) atoms. The second kappa shape index (κ2) is 5.55. The van der Waals surface area contributed by atoms with Crippen LogP contribution in [0.3, 0.4) is 0 Å². The molecule has 2 rings (SSSR count). The number of alkyl halides is 3. The lowest BCUT2D eigenvalue weighted by Gasteiger charge is -2.09. The highest BCUT2D eigenvalue weighted by Gasteiger charge is 2.26. The van der Waals surface area contributed by atoms with Crippen molar-refractivity contribution in [1.82, 2.24) is 9.78 Å². The number of benzene rings is 1. The molecule has 1 aromatic carbocycles. The van der Waals surface area contributed by atoms with Crippen LogP contribution in [-0.4, -0.2) is 27.0 Å². The minimum absolute atomic E-state index is 0.122. The zero-order valence-electron chi connectivity index (χ0n) is 10.7. The summed E-state index contributed by atoms with van der Waals surface area (Å²) in [6.07, 6.45) is -5.72. The summed E-state index contributed by atoms with van der Waals surface area (Å²) in [6, 6.07) is 5.97. The number of aromatic carboxylic acids is 1. The van der Waals surface area contributed by atoms with Gasteiger partial charge in [0.05, 0.1) is 5.39 Å². The third kappa shape index (κ3) is 3.39. The Kier molecular flexibility index (Phi) is 3.97. The highest BCUT2D eigenvalue weighted by atomic mass is 19.4. The van der Waals surface area contributed by atoms with Gasteiger partial charge in [-0.15, -0.1) is 0 Å². The molecular weight excluding hydrogens is 289 g/mol. The molecule has 0 saturated heterocycles. The zero-order valence-corrected chi connectivity index (χ0v) is 10.7. The van der Waals surface area contributed by atoms with Crippen molar-refractivity contribution in [2.24, 2.45) is 0 Å². The Balaban J connectivity index is 2.43. The van der Waals surface area contributed by atoms with Crippen LogP contribution in [0.1, 0.15) is 23.3 Å². The largest absolute Gasteiger partial charge is 0.476 e. The topological polar surface area (TPSA) is 72.2 Å². The molecule has 1 aromatic heterocycles. The SMILES string of the molecule is O=C(O)c1nn(CCCC(F)(F)F)c(=O)c2ccccc12. The molecule has 0 amide bonds. The lowest BCUT2D eigenvalue weighted by Crippen LogP contribution is -2.26. The van der Waals surface area contributed by atoms with E-state index in [2.05, 4.69) is 5.10 Å². The third-order valence-corrected chi connectivity index (χ3v) is 2.90. The summed E-state index contributed by atoms with van der Waals surface area (Å²) >= 11 is 0. The maximum absolute atomic E-state index is 12.1. The van der Waals surface area contributed by atoms with Crippen molar-refractivity contribution in [1.29, 1.82) is 0 Å². The van der Waals surface area contributed by atoms with Crippen LogP contribution in [0.4, 0.5) is 13.2 Å². The molecular formula is C13H11F3N2O3. The van der Waals surface area contributed by atoms with E-state index >= 15 is 0 Å². The van der Waals surface area contributed by atoms with Crippen LogP contribution in [-0.2, 0) is 6.54 Å². The predicted octanol–water partition coefficient (Wildman–Crippen LogP) is 2.44. The van der Waals surface area contributed by atoms with E-state index in [1.54, 1.807) is 12.1 Å². The molecule has 112 valence electrons. The van der Waals surface area contributed by atoms with E-state index in [9.17, 15) is 22.8 Å².